The number of nitrogens with zero attached hydrogens (tertiary/aromatic N) is 1. The van der Waals surface area contributed by atoms with E-state index >= 15 is 0 Å². The van der Waals surface area contributed by atoms with Crippen molar-refractivity contribution in [3.63, 3.8) is 0 Å². The van der Waals surface area contributed by atoms with Gasteiger partial charge in [0.25, 0.3) is 5.91 Å². The first-order valence-electron chi connectivity index (χ1n) is 10.1. The van der Waals surface area contributed by atoms with Crippen molar-refractivity contribution in [3.05, 3.63) is 45.8 Å². The number of nitrogens with one attached hydrogen (secondary N) is 1. The zero-order valence-electron chi connectivity index (χ0n) is 16.5. The van der Waals surface area contributed by atoms with E-state index in [4.69, 9.17) is 4.74 Å². The number of hydrogen-bond donors (Lipinski definition) is 1. The van der Waals surface area contributed by atoms with Gasteiger partial charge in [-0.15, -0.1) is 11.3 Å². The van der Waals surface area contributed by atoms with E-state index in [1.807, 2.05) is 0 Å². The maximum Gasteiger partial charge on any atom is 0.341 e. The second-order valence-corrected chi connectivity index (χ2v) is 8.39. The third-order valence-corrected chi connectivity index (χ3v) is 6.60. The van der Waals surface area contributed by atoms with Gasteiger partial charge in [-0.3, -0.25) is 9.59 Å². The van der Waals surface area contributed by atoms with Crippen molar-refractivity contribution < 1.29 is 19.1 Å². The van der Waals surface area contributed by atoms with E-state index in [-0.39, 0.29) is 17.8 Å². The summed E-state index contributed by atoms with van der Waals surface area (Å²) in [5.41, 5.74) is 2.83. The number of fused-ring (bicyclic) bond motifs is 1. The SMILES string of the molecule is CCOC(=O)c1c(NC(=O)c2ccc(N3CCCC3=O)cc2)sc2c1CCCC2. The minimum Gasteiger partial charge on any atom is -0.462 e. The Labute approximate surface area is 173 Å². The second-order valence-electron chi connectivity index (χ2n) is 7.29. The van der Waals surface area contributed by atoms with Gasteiger partial charge in [0.1, 0.15) is 5.00 Å². The predicted octanol–water partition coefficient (Wildman–Crippen LogP) is 4.18. The van der Waals surface area contributed by atoms with E-state index in [1.54, 1.807) is 36.1 Å². The zero-order chi connectivity index (χ0) is 20.4. The predicted molar refractivity (Wildman–Crippen MR) is 113 cm³/mol. The summed E-state index contributed by atoms with van der Waals surface area (Å²) in [7, 11) is 0. The highest BCUT2D eigenvalue weighted by Crippen LogP contribution is 2.38. The number of carbonyl (C=O) groups excluding carboxylic acids is 3. The molecule has 0 atom stereocenters. The van der Waals surface area contributed by atoms with E-state index < -0.39 is 0 Å². The normalized spacial score (nSPS) is 15.9. The molecular weight excluding hydrogens is 388 g/mol. The van der Waals surface area contributed by atoms with E-state index in [0.29, 0.717) is 35.7 Å². The zero-order valence-corrected chi connectivity index (χ0v) is 17.3. The van der Waals surface area contributed by atoms with Crippen LogP contribution >= 0.6 is 11.3 Å². The Kier molecular flexibility index (Phi) is 5.67. The van der Waals surface area contributed by atoms with Crippen LogP contribution < -0.4 is 10.2 Å². The Hall–Kier alpha value is -2.67. The number of amides is 2. The quantitative estimate of drug-likeness (QED) is 0.748. The fourth-order valence-electron chi connectivity index (χ4n) is 3.96. The number of ether oxygens (including phenoxy) is 1. The van der Waals surface area contributed by atoms with Gasteiger partial charge in [-0.2, -0.15) is 0 Å². The second kappa shape index (κ2) is 8.37. The summed E-state index contributed by atoms with van der Waals surface area (Å²) in [5, 5.41) is 3.49. The monoisotopic (exact) mass is 412 g/mol. The number of aryl methyl sites for hydroxylation is 1. The first kappa shape index (κ1) is 19.6. The van der Waals surface area contributed by atoms with Crippen LogP contribution in [-0.4, -0.2) is 30.9 Å². The van der Waals surface area contributed by atoms with Gasteiger partial charge in [-0.05, 0) is 68.9 Å². The van der Waals surface area contributed by atoms with Gasteiger partial charge in [0.15, 0.2) is 0 Å². The van der Waals surface area contributed by atoms with Crippen molar-refractivity contribution in [1.82, 2.24) is 0 Å². The molecule has 29 heavy (non-hydrogen) atoms. The molecule has 2 aliphatic rings. The summed E-state index contributed by atoms with van der Waals surface area (Å²) in [6, 6.07) is 7.02. The Balaban J connectivity index is 1.56. The molecule has 0 spiro atoms. The molecule has 152 valence electrons. The number of benzene rings is 1. The highest BCUT2D eigenvalue weighted by Gasteiger charge is 2.27. The fourth-order valence-corrected chi connectivity index (χ4v) is 5.23. The Morgan fingerprint density at radius 1 is 1.10 bits per heavy atom. The van der Waals surface area contributed by atoms with Gasteiger partial charge in [0.2, 0.25) is 5.91 Å². The summed E-state index contributed by atoms with van der Waals surface area (Å²) >= 11 is 1.48. The molecule has 2 amide bonds. The lowest BCUT2D eigenvalue weighted by Gasteiger charge is -2.15. The molecule has 2 aromatic rings. The molecular formula is C22H24N2O4S. The minimum absolute atomic E-state index is 0.116. The maximum atomic E-state index is 12.8. The molecule has 2 heterocycles. The molecule has 1 N–H and O–H groups in total. The highest BCUT2D eigenvalue weighted by molar-refractivity contribution is 7.17. The largest absolute Gasteiger partial charge is 0.462 e. The fraction of sp³-hybridized carbons (Fsp3) is 0.409. The first-order chi connectivity index (χ1) is 14.1. The summed E-state index contributed by atoms with van der Waals surface area (Å²) < 4.78 is 5.24. The smallest absolute Gasteiger partial charge is 0.341 e. The van der Waals surface area contributed by atoms with Gasteiger partial charge in [-0.25, -0.2) is 4.79 Å². The Morgan fingerprint density at radius 3 is 2.55 bits per heavy atom. The lowest BCUT2D eigenvalue weighted by molar-refractivity contribution is -0.117. The van der Waals surface area contributed by atoms with Crippen molar-refractivity contribution in [3.8, 4) is 0 Å². The summed E-state index contributed by atoms with van der Waals surface area (Å²) in [6.45, 7) is 2.79. The maximum absolute atomic E-state index is 12.8. The number of rotatable bonds is 5. The van der Waals surface area contributed by atoms with Crippen LogP contribution in [0.4, 0.5) is 10.7 Å². The minimum atomic E-state index is -0.370. The average Bonchev–Trinajstić information content (AvgIpc) is 3.31. The van der Waals surface area contributed by atoms with Crippen molar-refractivity contribution in [2.75, 3.05) is 23.4 Å². The number of thiophene rings is 1. The van der Waals surface area contributed by atoms with Gasteiger partial charge < -0.3 is 15.0 Å². The third kappa shape index (κ3) is 3.92. The standard InChI is InChI=1S/C22H24N2O4S/c1-2-28-22(27)19-16-6-3-4-7-17(16)29-21(19)23-20(26)14-9-11-15(12-10-14)24-13-5-8-18(24)25/h9-12H,2-8,13H2,1H3,(H,23,26). The molecule has 0 saturated carbocycles. The van der Waals surface area contributed by atoms with Crippen LogP contribution in [0.1, 0.15) is 63.8 Å². The van der Waals surface area contributed by atoms with Crippen molar-refractivity contribution in [2.24, 2.45) is 0 Å². The number of anilines is 2. The number of hydrogen-bond acceptors (Lipinski definition) is 5. The molecule has 4 rings (SSSR count). The number of carbonyl (C=O) groups is 3. The molecule has 1 fully saturated rings. The molecule has 1 aliphatic carbocycles. The molecule has 1 aromatic carbocycles. The molecule has 1 aromatic heterocycles. The van der Waals surface area contributed by atoms with Crippen LogP contribution in [0.25, 0.3) is 0 Å². The van der Waals surface area contributed by atoms with Crippen LogP contribution in [0.2, 0.25) is 0 Å². The molecule has 0 unspecified atom stereocenters. The molecule has 0 bridgehead atoms. The van der Waals surface area contributed by atoms with Gasteiger partial charge in [0.05, 0.1) is 12.2 Å². The topological polar surface area (TPSA) is 75.7 Å². The van der Waals surface area contributed by atoms with E-state index in [1.165, 1.54) is 11.3 Å². The van der Waals surface area contributed by atoms with Crippen LogP contribution in [-0.2, 0) is 22.4 Å². The summed E-state index contributed by atoms with van der Waals surface area (Å²) in [6.07, 6.45) is 5.35. The van der Waals surface area contributed by atoms with Crippen molar-refractivity contribution in [1.29, 1.82) is 0 Å². The highest BCUT2D eigenvalue weighted by atomic mass is 32.1. The molecule has 6 nitrogen and oxygen atoms in total. The van der Waals surface area contributed by atoms with Crippen LogP contribution in [0.3, 0.4) is 0 Å². The van der Waals surface area contributed by atoms with E-state index in [0.717, 1.165) is 48.2 Å². The first-order valence-corrected chi connectivity index (χ1v) is 10.9. The lowest BCUT2D eigenvalue weighted by atomic mass is 9.95. The Bertz CT molecular complexity index is 948. The van der Waals surface area contributed by atoms with Crippen LogP contribution in [0.15, 0.2) is 24.3 Å². The Morgan fingerprint density at radius 2 is 1.86 bits per heavy atom. The molecule has 1 aliphatic heterocycles. The van der Waals surface area contributed by atoms with Gasteiger partial charge in [-0.1, -0.05) is 0 Å². The van der Waals surface area contributed by atoms with Crippen molar-refractivity contribution >= 4 is 39.8 Å². The van der Waals surface area contributed by atoms with Crippen molar-refractivity contribution in [2.45, 2.75) is 45.4 Å². The van der Waals surface area contributed by atoms with Gasteiger partial charge >= 0.3 is 5.97 Å². The molecule has 7 heteroatoms. The van der Waals surface area contributed by atoms with E-state index in [2.05, 4.69) is 5.32 Å². The summed E-state index contributed by atoms with van der Waals surface area (Å²) in [5.74, 6) is -0.524. The van der Waals surface area contributed by atoms with E-state index in [9.17, 15) is 14.4 Å². The number of esters is 1. The lowest BCUT2D eigenvalue weighted by Crippen LogP contribution is -2.23. The summed E-state index contributed by atoms with van der Waals surface area (Å²) in [4.78, 5) is 40.2. The van der Waals surface area contributed by atoms with Gasteiger partial charge in [0, 0.05) is 29.1 Å². The molecule has 0 radical (unpaired) electrons. The molecule has 1 saturated heterocycles. The average molecular weight is 413 g/mol. The third-order valence-electron chi connectivity index (χ3n) is 5.39. The van der Waals surface area contributed by atoms with Crippen LogP contribution in [0.5, 0.6) is 0 Å². The van der Waals surface area contributed by atoms with Crippen LogP contribution in [0, 0.1) is 0 Å².